The molecule has 2 heterocycles. The van der Waals surface area contributed by atoms with E-state index in [0.717, 1.165) is 36.1 Å². The van der Waals surface area contributed by atoms with E-state index in [9.17, 15) is 0 Å². The van der Waals surface area contributed by atoms with Crippen LogP contribution in [0.25, 0.3) is 10.9 Å². The predicted molar refractivity (Wildman–Crippen MR) is 65.1 cm³/mol. The Hall–Kier alpha value is -1.91. The fraction of sp³-hybridized carbons (Fsp3) is 0.364. The molecule has 0 amide bonds. The van der Waals surface area contributed by atoms with Crippen LogP contribution in [0, 0.1) is 0 Å². The molecule has 16 heavy (non-hydrogen) atoms. The monoisotopic (exact) mass is 217 g/mol. The first-order chi connectivity index (χ1) is 7.81. The van der Waals surface area contributed by atoms with E-state index in [-0.39, 0.29) is 5.95 Å². The second kappa shape index (κ2) is 4.74. The number of rotatable bonds is 4. The number of unbranched alkanes of at least 4 members (excludes halogenated alkanes) is 1. The molecule has 0 aliphatic rings. The van der Waals surface area contributed by atoms with Crippen LogP contribution in [0.2, 0.25) is 0 Å². The number of fused-ring (bicyclic) bond motifs is 1. The zero-order valence-electron chi connectivity index (χ0n) is 9.27. The Balaban J connectivity index is 2.34. The van der Waals surface area contributed by atoms with Gasteiger partial charge in [0.25, 0.3) is 0 Å². The lowest BCUT2D eigenvalue weighted by Gasteiger charge is -2.08. The summed E-state index contributed by atoms with van der Waals surface area (Å²) in [6, 6.07) is 1.89. The molecule has 0 fully saturated rings. The normalized spacial score (nSPS) is 10.6. The summed E-state index contributed by atoms with van der Waals surface area (Å²) in [5.41, 5.74) is 6.41. The lowest BCUT2D eigenvalue weighted by atomic mass is 10.3. The molecule has 5 heteroatoms. The predicted octanol–water partition coefficient (Wildman–Crippen LogP) is 1.82. The maximum absolute atomic E-state index is 5.64. The Labute approximate surface area is 94.1 Å². The molecule has 3 N–H and O–H groups in total. The number of nitrogen functional groups attached to an aromatic ring is 1. The number of anilines is 2. The van der Waals surface area contributed by atoms with Crippen molar-refractivity contribution in [2.75, 3.05) is 17.6 Å². The van der Waals surface area contributed by atoms with Crippen LogP contribution >= 0.6 is 0 Å². The molecular formula is C11H15N5. The second-order valence-corrected chi connectivity index (χ2v) is 3.60. The van der Waals surface area contributed by atoms with Gasteiger partial charge in [-0.25, -0.2) is 4.98 Å². The molecule has 0 saturated heterocycles. The zero-order chi connectivity index (χ0) is 11.4. The number of aromatic nitrogens is 3. The van der Waals surface area contributed by atoms with Crippen molar-refractivity contribution in [3.8, 4) is 0 Å². The quantitative estimate of drug-likeness (QED) is 0.764. The van der Waals surface area contributed by atoms with Crippen molar-refractivity contribution in [2.45, 2.75) is 19.8 Å². The van der Waals surface area contributed by atoms with Crippen LogP contribution in [0.4, 0.5) is 11.8 Å². The summed E-state index contributed by atoms with van der Waals surface area (Å²) in [5.74, 6) is 1.07. The number of pyridine rings is 1. The highest BCUT2D eigenvalue weighted by molar-refractivity contribution is 5.89. The molecule has 2 rings (SSSR count). The minimum Gasteiger partial charge on any atom is -0.369 e. The lowest BCUT2D eigenvalue weighted by Crippen LogP contribution is -2.06. The summed E-state index contributed by atoms with van der Waals surface area (Å²) < 4.78 is 0. The summed E-state index contributed by atoms with van der Waals surface area (Å²) in [6.45, 7) is 3.04. The van der Waals surface area contributed by atoms with Crippen LogP contribution in [0.1, 0.15) is 19.8 Å². The van der Waals surface area contributed by atoms with Gasteiger partial charge >= 0.3 is 0 Å². The molecule has 0 saturated carbocycles. The molecule has 0 aromatic carbocycles. The van der Waals surface area contributed by atoms with Gasteiger partial charge in [-0.1, -0.05) is 13.3 Å². The highest BCUT2D eigenvalue weighted by atomic mass is 15.1. The van der Waals surface area contributed by atoms with E-state index in [1.165, 1.54) is 0 Å². The minimum atomic E-state index is 0.277. The molecule has 2 aromatic heterocycles. The van der Waals surface area contributed by atoms with Crippen molar-refractivity contribution in [3.63, 3.8) is 0 Å². The summed E-state index contributed by atoms with van der Waals surface area (Å²) >= 11 is 0. The van der Waals surface area contributed by atoms with Crippen molar-refractivity contribution < 1.29 is 0 Å². The first-order valence-corrected chi connectivity index (χ1v) is 5.42. The molecule has 0 unspecified atom stereocenters. The Kier molecular flexibility index (Phi) is 3.14. The van der Waals surface area contributed by atoms with Gasteiger partial charge in [-0.15, -0.1) is 0 Å². The van der Waals surface area contributed by atoms with Gasteiger partial charge in [-0.05, 0) is 12.5 Å². The zero-order valence-corrected chi connectivity index (χ0v) is 9.27. The maximum Gasteiger partial charge on any atom is 0.222 e. The number of hydrogen-bond acceptors (Lipinski definition) is 5. The molecule has 0 atom stereocenters. The Morgan fingerprint density at radius 3 is 3.06 bits per heavy atom. The van der Waals surface area contributed by atoms with Crippen molar-refractivity contribution in [1.82, 2.24) is 15.0 Å². The molecule has 0 radical (unpaired) electrons. The van der Waals surface area contributed by atoms with Gasteiger partial charge in [0.1, 0.15) is 5.82 Å². The molecule has 84 valence electrons. The second-order valence-electron chi connectivity index (χ2n) is 3.60. The minimum absolute atomic E-state index is 0.277. The number of nitrogens with zero attached hydrogens (tertiary/aromatic N) is 3. The van der Waals surface area contributed by atoms with E-state index >= 15 is 0 Å². The number of hydrogen-bond donors (Lipinski definition) is 2. The van der Waals surface area contributed by atoms with E-state index in [0.29, 0.717) is 0 Å². The molecule has 0 aliphatic heterocycles. The van der Waals surface area contributed by atoms with Crippen LogP contribution in [0.15, 0.2) is 18.5 Å². The number of nitrogens with two attached hydrogens (primary N) is 1. The van der Waals surface area contributed by atoms with Gasteiger partial charge in [0.2, 0.25) is 5.95 Å². The average molecular weight is 217 g/mol. The fourth-order valence-corrected chi connectivity index (χ4v) is 1.52. The van der Waals surface area contributed by atoms with Gasteiger partial charge < -0.3 is 11.1 Å². The standard InChI is InChI=1S/C11H15N5/c1-2-3-5-14-10-8-4-6-13-7-9(8)15-11(12)16-10/h4,6-7H,2-3,5H2,1H3,(H3,12,14,15,16). The van der Waals surface area contributed by atoms with Crippen molar-refractivity contribution in [3.05, 3.63) is 18.5 Å². The third-order valence-corrected chi connectivity index (χ3v) is 2.34. The van der Waals surface area contributed by atoms with Crippen molar-refractivity contribution >= 4 is 22.7 Å². The lowest BCUT2D eigenvalue weighted by molar-refractivity contribution is 0.832. The van der Waals surface area contributed by atoms with E-state index < -0.39 is 0 Å². The average Bonchev–Trinajstić information content (AvgIpc) is 2.29. The van der Waals surface area contributed by atoms with E-state index in [2.05, 4.69) is 27.2 Å². The highest BCUT2D eigenvalue weighted by Gasteiger charge is 2.04. The maximum atomic E-state index is 5.64. The van der Waals surface area contributed by atoms with Crippen LogP contribution in [0.5, 0.6) is 0 Å². The van der Waals surface area contributed by atoms with Gasteiger partial charge in [-0.2, -0.15) is 4.98 Å². The van der Waals surface area contributed by atoms with Crippen LogP contribution in [-0.2, 0) is 0 Å². The first-order valence-electron chi connectivity index (χ1n) is 5.42. The van der Waals surface area contributed by atoms with Gasteiger partial charge in [0, 0.05) is 18.1 Å². The van der Waals surface area contributed by atoms with Gasteiger partial charge in [0.05, 0.1) is 11.7 Å². The van der Waals surface area contributed by atoms with Crippen LogP contribution in [0.3, 0.4) is 0 Å². The van der Waals surface area contributed by atoms with Crippen molar-refractivity contribution in [2.24, 2.45) is 0 Å². The molecule has 0 bridgehead atoms. The Morgan fingerprint density at radius 2 is 2.25 bits per heavy atom. The first kappa shape index (κ1) is 10.6. The molecule has 0 aliphatic carbocycles. The Morgan fingerprint density at radius 1 is 1.38 bits per heavy atom. The molecule has 2 aromatic rings. The summed E-state index contributed by atoms with van der Waals surface area (Å²) in [6.07, 6.45) is 5.68. The third kappa shape index (κ3) is 2.18. The van der Waals surface area contributed by atoms with E-state index in [1.807, 2.05) is 6.07 Å². The molecule has 5 nitrogen and oxygen atoms in total. The number of nitrogens with one attached hydrogen (secondary N) is 1. The summed E-state index contributed by atoms with van der Waals surface area (Å²) in [5, 5.41) is 4.23. The van der Waals surface area contributed by atoms with E-state index in [1.54, 1.807) is 12.4 Å². The van der Waals surface area contributed by atoms with Crippen LogP contribution in [-0.4, -0.2) is 21.5 Å². The smallest absolute Gasteiger partial charge is 0.222 e. The van der Waals surface area contributed by atoms with E-state index in [4.69, 9.17) is 5.73 Å². The third-order valence-electron chi connectivity index (χ3n) is 2.34. The SMILES string of the molecule is CCCCNc1nc(N)nc2cnccc12. The highest BCUT2D eigenvalue weighted by Crippen LogP contribution is 2.19. The Bertz CT molecular complexity index is 483. The van der Waals surface area contributed by atoms with Crippen LogP contribution < -0.4 is 11.1 Å². The molecule has 0 spiro atoms. The molecular weight excluding hydrogens is 202 g/mol. The fourth-order valence-electron chi connectivity index (χ4n) is 1.52. The largest absolute Gasteiger partial charge is 0.369 e. The van der Waals surface area contributed by atoms with Gasteiger partial charge in [-0.3, -0.25) is 4.98 Å². The summed E-state index contributed by atoms with van der Waals surface area (Å²) in [7, 11) is 0. The topological polar surface area (TPSA) is 76.7 Å². The van der Waals surface area contributed by atoms with Crippen molar-refractivity contribution in [1.29, 1.82) is 0 Å². The van der Waals surface area contributed by atoms with Gasteiger partial charge in [0.15, 0.2) is 0 Å². The summed E-state index contributed by atoms with van der Waals surface area (Å²) in [4.78, 5) is 12.3.